The number of rotatable bonds is 5. The first-order valence-corrected chi connectivity index (χ1v) is 11.5. The van der Waals surface area contributed by atoms with E-state index in [2.05, 4.69) is 5.32 Å². The molecule has 0 aliphatic rings. The summed E-state index contributed by atoms with van der Waals surface area (Å²) in [6, 6.07) is 24.6. The lowest BCUT2D eigenvalue weighted by Gasteiger charge is -2.06. The molecular formula is C24H16ClN3OS2. The van der Waals surface area contributed by atoms with Crippen LogP contribution in [0.4, 0.5) is 16.4 Å². The van der Waals surface area contributed by atoms with Gasteiger partial charge in [0, 0.05) is 16.3 Å². The summed E-state index contributed by atoms with van der Waals surface area (Å²) in [6.45, 7) is 0. The molecule has 0 atom stereocenters. The SMILES string of the molecule is Nc1c(C(=O)c2ccc(Cl)cc2)sc(Nc2ccccc2)c1-c1nc2ccccc2s1. The Balaban J connectivity index is 1.65. The molecule has 5 rings (SSSR count). The van der Waals surface area contributed by atoms with Crippen LogP contribution in [-0.4, -0.2) is 10.8 Å². The second-order valence-electron chi connectivity index (χ2n) is 6.86. The van der Waals surface area contributed by atoms with E-state index in [9.17, 15) is 4.79 Å². The van der Waals surface area contributed by atoms with Gasteiger partial charge in [-0.2, -0.15) is 0 Å². The van der Waals surface area contributed by atoms with E-state index in [1.54, 1.807) is 35.6 Å². The number of nitrogens with one attached hydrogen (secondary N) is 1. The maximum absolute atomic E-state index is 13.2. The highest BCUT2D eigenvalue weighted by atomic mass is 35.5. The molecule has 0 bridgehead atoms. The number of hydrogen-bond acceptors (Lipinski definition) is 6. The number of thiazole rings is 1. The van der Waals surface area contributed by atoms with E-state index < -0.39 is 0 Å². The zero-order chi connectivity index (χ0) is 21.4. The van der Waals surface area contributed by atoms with Crippen molar-refractivity contribution >= 4 is 66.7 Å². The van der Waals surface area contributed by atoms with Gasteiger partial charge in [-0.05, 0) is 48.5 Å². The number of thiophene rings is 1. The zero-order valence-electron chi connectivity index (χ0n) is 16.1. The van der Waals surface area contributed by atoms with E-state index in [1.807, 2.05) is 54.6 Å². The van der Waals surface area contributed by atoms with Crippen LogP contribution in [0.15, 0.2) is 78.9 Å². The molecule has 0 spiro atoms. The molecule has 7 heteroatoms. The highest BCUT2D eigenvalue weighted by Crippen LogP contribution is 2.47. The number of benzene rings is 3. The van der Waals surface area contributed by atoms with E-state index in [1.165, 1.54) is 11.3 Å². The molecule has 2 aromatic heterocycles. The lowest BCUT2D eigenvalue weighted by Crippen LogP contribution is -2.02. The number of carbonyl (C=O) groups is 1. The number of anilines is 3. The van der Waals surface area contributed by atoms with Crippen LogP contribution >= 0.6 is 34.3 Å². The predicted molar refractivity (Wildman–Crippen MR) is 132 cm³/mol. The van der Waals surface area contributed by atoms with Crippen molar-refractivity contribution in [2.45, 2.75) is 0 Å². The molecule has 0 unspecified atom stereocenters. The Morgan fingerprint density at radius 2 is 1.61 bits per heavy atom. The molecule has 0 saturated heterocycles. The van der Waals surface area contributed by atoms with Crippen LogP contribution in [0.5, 0.6) is 0 Å². The molecule has 4 nitrogen and oxygen atoms in total. The van der Waals surface area contributed by atoms with Gasteiger partial charge in [0.15, 0.2) is 0 Å². The van der Waals surface area contributed by atoms with Gasteiger partial charge in [0.05, 0.1) is 21.5 Å². The van der Waals surface area contributed by atoms with Crippen molar-refractivity contribution in [3.8, 4) is 10.6 Å². The van der Waals surface area contributed by atoms with Gasteiger partial charge in [0.1, 0.15) is 14.9 Å². The average Bonchev–Trinajstić information content (AvgIpc) is 3.35. The fourth-order valence-electron chi connectivity index (χ4n) is 3.28. The molecule has 0 aliphatic heterocycles. The maximum Gasteiger partial charge on any atom is 0.205 e. The third-order valence-electron chi connectivity index (χ3n) is 4.80. The number of nitrogens with zero attached hydrogens (tertiary/aromatic N) is 1. The fourth-order valence-corrected chi connectivity index (χ4v) is 5.60. The quantitative estimate of drug-likeness (QED) is 0.271. The largest absolute Gasteiger partial charge is 0.397 e. The van der Waals surface area contributed by atoms with E-state index in [0.717, 1.165) is 31.5 Å². The first-order chi connectivity index (χ1) is 15.1. The maximum atomic E-state index is 13.2. The summed E-state index contributed by atoms with van der Waals surface area (Å²) < 4.78 is 1.07. The second-order valence-corrected chi connectivity index (χ2v) is 9.35. The Kier molecular flexibility index (Phi) is 5.19. The number of ketones is 1. The van der Waals surface area contributed by atoms with Crippen molar-refractivity contribution in [2.75, 3.05) is 11.1 Å². The number of nitrogens with two attached hydrogens (primary N) is 1. The fraction of sp³-hybridized carbons (Fsp3) is 0. The molecule has 0 saturated carbocycles. The summed E-state index contributed by atoms with van der Waals surface area (Å²) in [5.41, 5.74) is 10.1. The third kappa shape index (κ3) is 3.81. The van der Waals surface area contributed by atoms with Crippen molar-refractivity contribution in [2.24, 2.45) is 0 Å². The molecule has 5 aromatic rings. The molecule has 152 valence electrons. The number of fused-ring (bicyclic) bond motifs is 1. The van der Waals surface area contributed by atoms with E-state index >= 15 is 0 Å². The van der Waals surface area contributed by atoms with Gasteiger partial charge < -0.3 is 11.1 Å². The van der Waals surface area contributed by atoms with Crippen LogP contribution in [0.25, 0.3) is 20.8 Å². The Hall–Kier alpha value is -3.19. The monoisotopic (exact) mass is 461 g/mol. The van der Waals surface area contributed by atoms with Gasteiger partial charge in [0.25, 0.3) is 0 Å². The van der Waals surface area contributed by atoms with E-state index in [0.29, 0.717) is 21.2 Å². The molecular weight excluding hydrogens is 446 g/mol. The van der Waals surface area contributed by atoms with Crippen LogP contribution in [0.2, 0.25) is 5.02 Å². The molecule has 0 fully saturated rings. The van der Waals surface area contributed by atoms with E-state index in [-0.39, 0.29) is 5.78 Å². The van der Waals surface area contributed by atoms with Crippen molar-refractivity contribution in [1.82, 2.24) is 4.98 Å². The van der Waals surface area contributed by atoms with Gasteiger partial charge in [-0.25, -0.2) is 4.98 Å². The first kappa shape index (κ1) is 19.8. The Morgan fingerprint density at radius 3 is 2.35 bits per heavy atom. The van der Waals surface area contributed by atoms with Crippen LogP contribution < -0.4 is 11.1 Å². The molecule has 2 heterocycles. The summed E-state index contributed by atoms with van der Waals surface area (Å²) in [5.74, 6) is -0.136. The Morgan fingerprint density at radius 1 is 0.903 bits per heavy atom. The molecule has 0 aliphatic carbocycles. The van der Waals surface area contributed by atoms with Crippen molar-refractivity contribution in [1.29, 1.82) is 0 Å². The van der Waals surface area contributed by atoms with Crippen LogP contribution in [0, 0.1) is 0 Å². The summed E-state index contributed by atoms with van der Waals surface area (Å²) >= 11 is 8.88. The molecule has 0 radical (unpaired) electrons. The smallest absolute Gasteiger partial charge is 0.205 e. The topological polar surface area (TPSA) is 68.0 Å². The van der Waals surface area contributed by atoms with Crippen molar-refractivity contribution in [3.05, 3.63) is 94.3 Å². The molecule has 3 aromatic carbocycles. The first-order valence-electron chi connectivity index (χ1n) is 9.50. The number of aromatic nitrogens is 1. The van der Waals surface area contributed by atoms with Crippen molar-refractivity contribution < 1.29 is 4.79 Å². The number of para-hydroxylation sites is 2. The Bertz CT molecular complexity index is 1360. The summed E-state index contributed by atoms with van der Waals surface area (Å²) in [7, 11) is 0. The summed E-state index contributed by atoms with van der Waals surface area (Å²) in [4.78, 5) is 18.5. The molecule has 0 amide bonds. The minimum atomic E-state index is -0.136. The number of hydrogen-bond donors (Lipinski definition) is 2. The van der Waals surface area contributed by atoms with Gasteiger partial charge >= 0.3 is 0 Å². The zero-order valence-corrected chi connectivity index (χ0v) is 18.5. The van der Waals surface area contributed by atoms with Crippen LogP contribution in [-0.2, 0) is 0 Å². The highest BCUT2D eigenvalue weighted by molar-refractivity contribution is 7.23. The van der Waals surface area contributed by atoms with Crippen LogP contribution in [0.1, 0.15) is 15.2 Å². The van der Waals surface area contributed by atoms with Gasteiger partial charge in [0.2, 0.25) is 5.78 Å². The van der Waals surface area contributed by atoms with E-state index in [4.69, 9.17) is 22.3 Å². The lowest BCUT2D eigenvalue weighted by molar-refractivity contribution is 0.104. The third-order valence-corrected chi connectivity index (χ3v) is 7.22. The lowest BCUT2D eigenvalue weighted by atomic mass is 10.1. The minimum absolute atomic E-state index is 0.136. The van der Waals surface area contributed by atoms with Gasteiger partial charge in [-0.15, -0.1) is 22.7 Å². The summed E-state index contributed by atoms with van der Waals surface area (Å²) in [6.07, 6.45) is 0. The normalized spacial score (nSPS) is 11.0. The van der Waals surface area contributed by atoms with Gasteiger partial charge in [-0.1, -0.05) is 41.9 Å². The Labute approximate surface area is 192 Å². The van der Waals surface area contributed by atoms with Gasteiger partial charge in [-0.3, -0.25) is 4.79 Å². The molecule has 31 heavy (non-hydrogen) atoms. The summed E-state index contributed by atoms with van der Waals surface area (Å²) in [5, 5.41) is 5.58. The predicted octanol–water partition coefficient (Wildman–Crippen LogP) is 7.24. The standard InChI is InChI=1S/C24H16ClN3OS2/c25-15-12-10-14(11-13-15)21(29)22-20(26)19(23(31-22)27-16-6-2-1-3-7-16)24-28-17-8-4-5-9-18(17)30-24/h1-13,27H,26H2. The molecule has 3 N–H and O–H groups in total. The van der Waals surface area contributed by atoms with Crippen molar-refractivity contribution in [3.63, 3.8) is 0 Å². The number of carbonyl (C=O) groups excluding carboxylic acids is 1. The van der Waals surface area contributed by atoms with Crippen LogP contribution in [0.3, 0.4) is 0 Å². The second kappa shape index (κ2) is 8.15. The average molecular weight is 462 g/mol. The number of halogens is 1. The number of nitrogen functional groups attached to an aromatic ring is 1. The minimum Gasteiger partial charge on any atom is -0.397 e. The highest BCUT2D eigenvalue weighted by Gasteiger charge is 2.25.